The van der Waals surface area contributed by atoms with Crippen LogP contribution in [0.3, 0.4) is 0 Å². The van der Waals surface area contributed by atoms with Gasteiger partial charge in [-0.25, -0.2) is 0 Å². The Balaban J connectivity index is 3.42. The zero-order valence-electron chi connectivity index (χ0n) is 11.9. The molecule has 0 radical (unpaired) electrons. The zero-order chi connectivity index (χ0) is 15.1. The molecule has 0 saturated heterocycles. The highest BCUT2D eigenvalue weighted by Gasteiger charge is 2.08. The van der Waals surface area contributed by atoms with E-state index in [0.717, 1.165) is 25.7 Å². The van der Waals surface area contributed by atoms with Crippen molar-refractivity contribution in [1.29, 1.82) is 0 Å². The van der Waals surface area contributed by atoms with E-state index >= 15 is 0 Å². The van der Waals surface area contributed by atoms with Crippen molar-refractivity contribution >= 4 is 11.9 Å². The van der Waals surface area contributed by atoms with E-state index in [1.54, 1.807) is 0 Å². The van der Waals surface area contributed by atoms with Crippen LogP contribution in [-0.4, -0.2) is 25.2 Å². The summed E-state index contributed by atoms with van der Waals surface area (Å²) >= 11 is 0. The lowest BCUT2D eigenvalue weighted by atomic mass is 10.2. The number of ether oxygens (including phenoxy) is 2. The van der Waals surface area contributed by atoms with Crippen LogP contribution in [0.2, 0.25) is 0 Å². The average Bonchev–Trinajstić information content (AvgIpc) is 2.44. The van der Waals surface area contributed by atoms with Gasteiger partial charge < -0.3 is 9.47 Å². The zero-order valence-corrected chi connectivity index (χ0v) is 11.9. The van der Waals surface area contributed by atoms with Gasteiger partial charge >= 0.3 is 11.9 Å². The monoisotopic (exact) mass is 278 g/mol. The van der Waals surface area contributed by atoms with Gasteiger partial charge in [0.25, 0.3) is 0 Å². The second kappa shape index (κ2) is 13.5. The number of unbranched alkanes of at least 4 members (excludes halogenated alkanes) is 4. The van der Waals surface area contributed by atoms with E-state index in [0.29, 0.717) is 26.1 Å². The molecule has 0 unspecified atom stereocenters. The molecule has 0 atom stereocenters. The number of terminal acetylenes is 2. The van der Waals surface area contributed by atoms with E-state index in [1.165, 1.54) is 0 Å². The van der Waals surface area contributed by atoms with Crippen molar-refractivity contribution < 1.29 is 19.1 Å². The van der Waals surface area contributed by atoms with Crippen LogP contribution in [0.1, 0.15) is 51.4 Å². The summed E-state index contributed by atoms with van der Waals surface area (Å²) in [5.74, 6) is 4.27. The topological polar surface area (TPSA) is 52.6 Å². The maximum atomic E-state index is 11.3. The number of hydrogen-bond donors (Lipinski definition) is 0. The molecule has 0 amide bonds. The summed E-state index contributed by atoms with van der Waals surface area (Å²) in [6.45, 7) is 0.698. The molecule has 4 heteroatoms. The van der Waals surface area contributed by atoms with Crippen molar-refractivity contribution in [3.8, 4) is 24.7 Å². The quantitative estimate of drug-likeness (QED) is 0.331. The number of rotatable bonds is 11. The van der Waals surface area contributed by atoms with Crippen LogP contribution in [0.5, 0.6) is 0 Å². The fraction of sp³-hybridized carbons (Fsp3) is 0.625. The highest BCUT2D eigenvalue weighted by atomic mass is 16.5. The lowest BCUT2D eigenvalue weighted by Gasteiger charge is -2.05. The Morgan fingerprint density at radius 2 is 1.15 bits per heavy atom. The van der Waals surface area contributed by atoms with E-state index in [4.69, 9.17) is 22.3 Å². The van der Waals surface area contributed by atoms with E-state index in [-0.39, 0.29) is 24.8 Å². The normalized spacial score (nSPS) is 9.30. The Morgan fingerprint density at radius 1 is 0.750 bits per heavy atom. The third-order valence-corrected chi connectivity index (χ3v) is 2.49. The molecule has 20 heavy (non-hydrogen) atoms. The number of hydrogen-bond acceptors (Lipinski definition) is 4. The molecule has 4 nitrogen and oxygen atoms in total. The van der Waals surface area contributed by atoms with Crippen molar-refractivity contribution in [2.45, 2.75) is 51.4 Å². The summed E-state index contributed by atoms with van der Waals surface area (Å²) in [6.07, 6.45) is 14.8. The fourth-order valence-corrected chi connectivity index (χ4v) is 1.38. The van der Waals surface area contributed by atoms with Crippen LogP contribution in [0.4, 0.5) is 0 Å². The van der Waals surface area contributed by atoms with E-state index in [9.17, 15) is 9.59 Å². The standard InChI is InChI=1S/C16H22O4/c1-3-5-7-9-13-19-15(17)11-12-16(18)20-14-10-8-6-4-2/h1-2H,5-14H2. The number of carbonyl (C=O) groups excluding carboxylic acids is 2. The Morgan fingerprint density at radius 3 is 1.50 bits per heavy atom. The van der Waals surface area contributed by atoms with Gasteiger partial charge in [-0.1, -0.05) is 0 Å². The molecule has 0 fully saturated rings. The highest BCUT2D eigenvalue weighted by Crippen LogP contribution is 2.01. The summed E-state index contributed by atoms with van der Waals surface area (Å²) in [6, 6.07) is 0. The van der Waals surface area contributed by atoms with Gasteiger partial charge in [0.05, 0.1) is 26.1 Å². The summed E-state index contributed by atoms with van der Waals surface area (Å²) in [5.41, 5.74) is 0. The van der Waals surface area contributed by atoms with Crippen molar-refractivity contribution in [2.75, 3.05) is 13.2 Å². The smallest absolute Gasteiger partial charge is 0.306 e. The lowest BCUT2D eigenvalue weighted by Crippen LogP contribution is -2.11. The summed E-state index contributed by atoms with van der Waals surface area (Å²) < 4.78 is 9.92. The van der Waals surface area contributed by atoms with Gasteiger partial charge in [-0.15, -0.1) is 24.7 Å². The molecular weight excluding hydrogens is 256 g/mol. The Hall–Kier alpha value is -1.94. The molecule has 0 aromatic rings. The third kappa shape index (κ3) is 12.5. The number of esters is 2. The first kappa shape index (κ1) is 18.1. The molecule has 0 aliphatic rings. The predicted molar refractivity (Wildman–Crippen MR) is 76.5 cm³/mol. The molecule has 0 aliphatic heterocycles. The van der Waals surface area contributed by atoms with Gasteiger partial charge in [-0.3, -0.25) is 9.59 Å². The van der Waals surface area contributed by atoms with Crippen molar-refractivity contribution in [3.05, 3.63) is 0 Å². The maximum Gasteiger partial charge on any atom is 0.306 e. The lowest BCUT2D eigenvalue weighted by molar-refractivity contribution is -0.150. The molecule has 0 heterocycles. The van der Waals surface area contributed by atoms with Crippen LogP contribution in [-0.2, 0) is 19.1 Å². The molecule has 0 rings (SSSR count). The SMILES string of the molecule is C#CCCCCOC(=O)CCC(=O)OCCCCC#C. The van der Waals surface area contributed by atoms with Gasteiger partial charge in [0.2, 0.25) is 0 Å². The van der Waals surface area contributed by atoms with E-state index in [1.807, 2.05) is 0 Å². The number of carbonyl (C=O) groups is 2. The summed E-state index contributed by atoms with van der Waals surface area (Å²) in [5, 5.41) is 0. The van der Waals surface area contributed by atoms with Gasteiger partial charge in [-0.2, -0.15) is 0 Å². The van der Waals surface area contributed by atoms with E-state index in [2.05, 4.69) is 11.8 Å². The Kier molecular flexibility index (Phi) is 12.2. The molecule has 110 valence electrons. The second-order valence-corrected chi connectivity index (χ2v) is 4.26. The van der Waals surface area contributed by atoms with Crippen LogP contribution in [0.25, 0.3) is 0 Å². The van der Waals surface area contributed by atoms with Gasteiger partial charge in [0, 0.05) is 12.8 Å². The van der Waals surface area contributed by atoms with E-state index < -0.39 is 0 Å². The van der Waals surface area contributed by atoms with Crippen LogP contribution in [0.15, 0.2) is 0 Å². The van der Waals surface area contributed by atoms with Crippen molar-refractivity contribution in [1.82, 2.24) is 0 Å². The molecular formula is C16H22O4. The van der Waals surface area contributed by atoms with Crippen LogP contribution in [0, 0.1) is 24.7 Å². The predicted octanol–water partition coefficient (Wildman–Crippen LogP) is 2.46. The van der Waals surface area contributed by atoms with Crippen molar-refractivity contribution in [2.24, 2.45) is 0 Å². The molecule has 0 spiro atoms. The van der Waals surface area contributed by atoms with Crippen molar-refractivity contribution in [3.63, 3.8) is 0 Å². The second-order valence-electron chi connectivity index (χ2n) is 4.26. The minimum atomic E-state index is -0.380. The summed E-state index contributed by atoms with van der Waals surface area (Å²) in [4.78, 5) is 22.6. The van der Waals surface area contributed by atoms with Gasteiger partial charge in [0.1, 0.15) is 0 Å². The van der Waals surface area contributed by atoms with Crippen LogP contribution < -0.4 is 0 Å². The minimum absolute atomic E-state index is 0.0539. The molecule has 0 bridgehead atoms. The molecule has 0 N–H and O–H groups in total. The third-order valence-electron chi connectivity index (χ3n) is 2.49. The first-order valence-electron chi connectivity index (χ1n) is 6.89. The first-order valence-corrected chi connectivity index (χ1v) is 6.89. The Labute approximate surface area is 121 Å². The van der Waals surface area contributed by atoms with Gasteiger partial charge in [0.15, 0.2) is 0 Å². The molecule has 0 aromatic carbocycles. The molecule has 0 saturated carbocycles. The fourth-order valence-electron chi connectivity index (χ4n) is 1.38. The maximum absolute atomic E-state index is 11.3. The molecule has 0 aromatic heterocycles. The summed E-state index contributed by atoms with van der Waals surface area (Å²) in [7, 11) is 0. The van der Waals surface area contributed by atoms with Gasteiger partial charge in [-0.05, 0) is 25.7 Å². The van der Waals surface area contributed by atoms with Crippen LogP contribution >= 0.6 is 0 Å². The largest absolute Gasteiger partial charge is 0.466 e. The first-order chi connectivity index (χ1) is 9.70. The highest BCUT2D eigenvalue weighted by molar-refractivity contribution is 5.77. The Bertz CT molecular complexity index is 324. The minimum Gasteiger partial charge on any atom is -0.466 e. The molecule has 0 aliphatic carbocycles. The average molecular weight is 278 g/mol.